The number of thioether (sulfide) groups is 2. The lowest BCUT2D eigenvalue weighted by molar-refractivity contribution is -0.139. The third-order valence-electron chi connectivity index (χ3n) is 3.52. The zero-order valence-corrected chi connectivity index (χ0v) is 16.6. The molecule has 0 bridgehead atoms. The van der Waals surface area contributed by atoms with Crippen LogP contribution in [0, 0.1) is 0 Å². The first-order valence-electron chi connectivity index (χ1n) is 7.77. The molecule has 0 fully saturated rings. The van der Waals surface area contributed by atoms with Gasteiger partial charge in [0.15, 0.2) is 9.50 Å². The molecule has 25 heavy (non-hydrogen) atoms. The molecule has 0 aliphatic carbocycles. The highest BCUT2D eigenvalue weighted by Crippen LogP contribution is 2.32. The number of ether oxygens (including phenoxy) is 1. The van der Waals surface area contributed by atoms with Crippen molar-refractivity contribution in [1.82, 2.24) is 19.7 Å². The third kappa shape index (κ3) is 4.16. The van der Waals surface area contributed by atoms with Gasteiger partial charge in [0.25, 0.3) is 0 Å². The zero-order chi connectivity index (χ0) is 17.8. The maximum absolute atomic E-state index is 11.6. The van der Waals surface area contributed by atoms with Gasteiger partial charge in [-0.2, -0.15) is 0 Å². The zero-order valence-electron chi connectivity index (χ0n) is 14.1. The molecule has 0 unspecified atom stereocenters. The molecule has 0 spiro atoms. The van der Waals surface area contributed by atoms with E-state index in [0.29, 0.717) is 5.75 Å². The van der Waals surface area contributed by atoms with E-state index in [0.717, 1.165) is 27.4 Å². The average molecular weight is 395 g/mol. The number of carbonyl (C=O) groups is 1. The van der Waals surface area contributed by atoms with Gasteiger partial charge in [-0.05, 0) is 26.0 Å². The Morgan fingerprint density at radius 2 is 2.16 bits per heavy atom. The molecular formula is C16H18N4O2S3. The number of esters is 1. The van der Waals surface area contributed by atoms with Crippen LogP contribution in [0.3, 0.4) is 0 Å². The van der Waals surface area contributed by atoms with Crippen molar-refractivity contribution in [2.75, 3.05) is 7.11 Å². The summed E-state index contributed by atoms with van der Waals surface area (Å²) in [6.07, 6.45) is 0. The molecule has 1 atom stereocenters. The summed E-state index contributed by atoms with van der Waals surface area (Å²) in [5.41, 5.74) is 1.02. The van der Waals surface area contributed by atoms with Crippen molar-refractivity contribution in [2.45, 2.75) is 40.9 Å². The second-order valence-corrected chi connectivity index (χ2v) is 8.72. The van der Waals surface area contributed by atoms with Crippen molar-refractivity contribution in [1.29, 1.82) is 0 Å². The molecule has 132 valence electrons. The lowest BCUT2D eigenvalue weighted by Gasteiger charge is -2.10. The highest BCUT2D eigenvalue weighted by Gasteiger charge is 2.20. The SMILES string of the molecule is CCn1c(CSc2nc3ccccc3s2)nnc1S[C@@H](C)C(=O)OC. The Kier molecular flexibility index (Phi) is 5.98. The molecule has 3 rings (SSSR count). The summed E-state index contributed by atoms with van der Waals surface area (Å²) < 4.78 is 9.01. The second kappa shape index (κ2) is 8.20. The minimum atomic E-state index is -0.315. The van der Waals surface area contributed by atoms with E-state index in [2.05, 4.69) is 21.2 Å². The van der Waals surface area contributed by atoms with Gasteiger partial charge >= 0.3 is 5.97 Å². The molecule has 0 saturated heterocycles. The van der Waals surface area contributed by atoms with E-state index in [1.165, 1.54) is 23.6 Å². The lowest BCUT2D eigenvalue weighted by atomic mass is 10.3. The summed E-state index contributed by atoms with van der Waals surface area (Å²) in [5, 5.41) is 8.95. The van der Waals surface area contributed by atoms with Gasteiger partial charge in [0.2, 0.25) is 0 Å². The van der Waals surface area contributed by atoms with Gasteiger partial charge in [-0.3, -0.25) is 4.79 Å². The molecule has 9 heteroatoms. The Morgan fingerprint density at radius 3 is 2.88 bits per heavy atom. The predicted molar refractivity (Wildman–Crippen MR) is 102 cm³/mol. The Balaban J connectivity index is 1.71. The number of aromatic nitrogens is 4. The smallest absolute Gasteiger partial charge is 0.318 e. The van der Waals surface area contributed by atoms with Crippen molar-refractivity contribution in [3.05, 3.63) is 30.1 Å². The predicted octanol–water partition coefficient (Wildman–Crippen LogP) is 3.85. The van der Waals surface area contributed by atoms with Gasteiger partial charge in [0, 0.05) is 6.54 Å². The Labute approximate surface area is 158 Å². The molecule has 0 radical (unpaired) electrons. The molecular weight excluding hydrogens is 376 g/mol. The monoisotopic (exact) mass is 394 g/mol. The molecule has 0 amide bonds. The van der Waals surface area contributed by atoms with E-state index in [9.17, 15) is 4.79 Å². The molecule has 0 N–H and O–H groups in total. The van der Waals surface area contributed by atoms with E-state index < -0.39 is 0 Å². The molecule has 0 saturated carbocycles. The fourth-order valence-electron chi connectivity index (χ4n) is 2.24. The quantitative estimate of drug-likeness (QED) is 0.445. The largest absolute Gasteiger partial charge is 0.468 e. The fourth-order valence-corrected chi connectivity index (χ4v) is 5.21. The van der Waals surface area contributed by atoms with Crippen LogP contribution in [-0.4, -0.2) is 38.1 Å². The summed E-state index contributed by atoms with van der Waals surface area (Å²) >= 11 is 4.70. The Bertz CT molecular complexity index is 844. The summed E-state index contributed by atoms with van der Waals surface area (Å²) in [6, 6.07) is 8.12. The molecule has 1 aromatic carbocycles. The van der Waals surface area contributed by atoms with E-state index in [-0.39, 0.29) is 11.2 Å². The topological polar surface area (TPSA) is 69.9 Å². The number of thiazole rings is 1. The Hall–Kier alpha value is -1.58. The number of nitrogens with zero attached hydrogens (tertiary/aromatic N) is 4. The highest BCUT2D eigenvalue weighted by molar-refractivity contribution is 8.00. The summed E-state index contributed by atoms with van der Waals surface area (Å²) in [7, 11) is 1.39. The molecule has 2 heterocycles. The van der Waals surface area contributed by atoms with Gasteiger partial charge < -0.3 is 9.30 Å². The van der Waals surface area contributed by atoms with Crippen LogP contribution in [0.4, 0.5) is 0 Å². The molecule has 3 aromatic rings. The minimum Gasteiger partial charge on any atom is -0.468 e. The number of rotatable bonds is 7. The van der Waals surface area contributed by atoms with Crippen LogP contribution in [0.5, 0.6) is 0 Å². The second-order valence-electron chi connectivity index (χ2n) is 5.16. The molecule has 0 aliphatic heterocycles. The summed E-state index contributed by atoms with van der Waals surface area (Å²) in [5.74, 6) is 1.31. The van der Waals surface area contributed by atoms with Gasteiger partial charge in [-0.15, -0.1) is 21.5 Å². The van der Waals surface area contributed by atoms with Crippen LogP contribution in [0.2, 0.25) is 0 Å². The average Bonchev–Trinajstić information content (AvgIpc) is 3.21. The first-order valence-corrected chi connectivity index (χ1v) is 10.5. The summed E-state index contributed by atoms with van der Waals surface area (Å²) in [6.45, 7) is 4.60. The van der Waals surface area contributed by atoms with Crippen LogP contribution in [0.15, 0.2) is 33.8 Å². The number of benzene rings is 1. The van der Waals surface area contributed by atoms with Crippen LogP contribution < -0.4 is 0 Å². The Morgan fingerprint density at radius 1 is 1.36 bits per heavy atom. The van der Waals surface area contributed by atoms with Gasteiger partial charge in [-0.25, -0.2) is 4.98 Å². The van der Waals surface area contributed by atoms with Crippen LogP contribution in [0.1, 0.15) is 19.7 Å². The molecule has 2 aromatic heterocycles. The number of fused-ring (bicyclic) bond motifs is 1. The lowest BCUT2D eigenvalue weighted by Crippen LogP contribution is -2.16. The summed E-state index contributed by atoms with van der Waals surface area (Å²) in [4.78, 5) is 16.2. The van der Waals surface area contributed by atoms with Gasteiger partial charge in [-0.1, -0.05) is 35.7 Å². The van der Waals surface area contributed by atoms with Crippen LogP contribution in [0.25, 0.3) is 10.2 Å². The van der Waals surface area contributed by atoms with E-state index in [4.69, 9.17) is 4.74 Å². The normalized spacial score (nSPS) is 12.4. The first-order chi connectivity index (χ1) is 12.1. The molecule has 6 nitrogen and oxygen atoms in total. The standard InChI is InChI=1S/C16H18N4O2S3/c1-4-20-13(18-19-15(20)24-10(2)14(21)22-3)9-23-16-17-11-7-5-6-8-12(11)25-16/h5-8,10H,4,9H2,1-3H3/t10-/m0/s1. The van der Waals surface area contributed by atoms with E-state index in [1.807, 2.05) is 29.7 Å². The maximum Gasteiger partial charge on any atom is 0.318 e. The van der Waals surface area contributed by atoms with Crippen molar-refractivity contribution < 1.29 is 9.53 Å². The minimum absolute atomic E-state index is 0.263. The van der Waals surface area contributed by atoms with Crippen LogP contribution >= 0.6 is 34.9 Å². The molecule has 0 aliphatic rings. The van der Waals surface area contributed by atoms with Gasteiger partial charge in [0.1, 0.15) is 11.1 Å². The van der Waals surface area contributed by atoms with Crippen LogP contribution in [-0.2, 0) is 21.8 Å². The van der Waals surface area contributed by atoms with E-state index in [1.54, 1.807) is 30.0 Å². The van der Waals surface area contributed by atoms with Crippen molar-refractivity contribution >= 4 is 51.0 Å². The third-order valence-corrected chi connectivity index (χ3v) is 6.76. The highest BCUT2D eigenvalue weighted by atomic mass is 32.2. The van der Waals surface area contributed by atoms with Crippen molar-refractivity contribution in [3.8, 4) is 0 Å². The van der Waals surface area contributed by atoms with Gasteiger partial charge in [0.05, 0.1) is 23.1 Å². The van der Waals surface area contributed by atoms with Crippen molar-refractivity contribution in [3.63, 3.8) is 0 Å². The number of hydrogen-bond donors (Lipinski definition) is 0. The number of methoxy groups -OCH3 is 1. The fraction of sp³-hybridized carbons (Fsp3) is 0.375. The number of para-hydroxylation sites is 1. The maximum atomic E-state index is 11.6. The first kappa shape index (κ1) is 18.2. The number of hydrogen-bond acceptors (Lipinski definition) is 8. The van der Waals surface area contributed by atoms with Crippen molar-refractivity contribution in [2.24, 2.45) is 0 Å². The van der Waals surface area contributed by atoms with E-state index >= 15 is 0 Å². The number of carbonyl (C=O) groups excluding carboxylic acids is 1.